The lowest BCUT2D eigenvalue weighted by Crippen LogP contribution is -2.19. The lowest BCUT2D eigenvalue weighted by molar-refractivity contribution is 0.588. The number of rotatable bonds is 7. The highest BCUT2D eigenvalue weighted by molar-refractivity contribution is 7.89. The van der Waals surface area contributed by atoms with Crippen molar-refractivity contribution >= 4 is 21.4 Å². The van der Waals surface area contributed by atoms with E-state index in [1.165, 1.54) is 32.4 Å². The SMILES string of the molecule is CNS(=O)(=O)c1ccc(N)c(NCCCC2CC2)c1. The Kier molecular flexibility index (Phi) is 4.31. The molecule has 0 spiro atoms. The van der Waals surface area contributed by atoms with Crippen molar-refractivity contribution in [1.29, 1.82) is 0 Å². The Morgan fingerprint density at radius 1 is 1.37 bits per heavy atom. The van der Waals surface area contributed by atoms with Crippen molar-refractivity contribution < 1.29 is 8.42 Å². The second-order valence-corrected chi connectivity index (χ2v) is 6.86. The molecular weight excluding hydrogens is 262 g/mol. The third kappa shape index (κ3) is 3.84. The van der Waals surface area contributed by atoms with E-state index in [1.807, 2.05) is 0 Å². The number of hydrogen-bond donors (Lipinski definition) is 3. The first-order valence-corrected chi connectivity index (χ1v) is 8.08. The quantitative estimate of drug-likeness (QED) is 0.526. The Bertz CT molecular complexity index is 539. The van der Waals surface area contributed by atoms with E-state index in [4.69, 9.17) is 5.73 Å². The predicted octanol–water partition coefficient (Wildman–Crippen LogP) is 1.78. The van der Waals surface area contributed by atoms with E-state index in [2.05, 4.69) is 10.0 Å². The summed E-state index contributed by atoms with van der Waals surface area (Å²) in [6.45, 7) is 0.823. The third-order valence-electron chi connectivity index (χ3n) is 3.41. The van der Waals surface area contributed by atoms with Gasteiger partial charge in [-0.25, -0.2) is 13.1 Å². The summed E-state index contributed by atoms with van der Waals surface area (Å²) in [4.78, 5) is 0.230. The van der Waals surface area contributed by atoms with Crippen molar-refractivity contribution in [2.24, 2.45) is 5.92 Å². The van der Waals surface area contributed by atoms with E-state index in [9.17, 15) is 8.42 Å². The molecule has 0 aromatic heterocycles. The minimum Gasteiger partial charge on any atom is -0.397 e. The summed E-state index contributed by atoms with van der Waals surface area (Å²) in [6.07, 6.45) is 5.05. The van der Waals surface area contributed by atoms with Crippen LogP contribution in [-0.4, -0.2) is 22.0 Å². The van der Waals surface area contributed by atoms with Gasteiger partial charge in [-0.3, -0.25) is 0 Å². The maximum absolute atomic E-state index is 11.7. The summed E-state index contributed by atoms with van der Waals surface area (Å²) in [6, 6.07) is 4.71. The Labute approximate surface area is 114 Å². The molecule has 106 valence electrons. The van der Waals surface area contributed by atoms with Crippen LogP contribution in [0.5, 0.6) is 0 Å². The average Bonchev–Trinajstić information content (AvgIpc) is 3.20. The number of hydrogen-bond acceptors (Lipinski definition) is 4. The van der Waals surface area contributed by atoms with Gasteiger partial charge in [0.1, 0.15) is 0 Å². The van der Waals surface area contributed by atoms with Crippen LogP contribution in [0, 0.1) is 5.92 Å². The Balaban J connectivity index is 1.99. The van der Waals surface area contributed by atoms with Crippen LogP contribution < -0.4 is 15.8 Å². The minimum absolute atomic E-state index is 0.230. The van der Waals surface area contributed by atoms with E-state index >= 15 is 0 Å². The molecule has 0 aliphatic heterocycles. The number of nitrogens with one attached hydrogen (secondary N) is 2. The van der Waals surface area contributed by atoms with Gasteiger partial charge in [-0.2, -0.15) is 0 Å². The van der Waals surface area contributed by atoms with Gasteiger partial charge in [0.05, 0.1) is 16.3 Å². The molecule has 1 aliphatic rings. The molecule has 1 aliphatic carbocycles. The van der Waals surface area contributed by atoms with Gasteiger partial charge in [0, 0.05) is 6.54 Å². The summed E-state index contributed by atoms with van der Waals surface area (Å²) in [5.41, 5.74) is 7.11. The zero-order valence-electron chi connectivity index (χ0n) is 11.1. The molecule has 0 saturated heterocycles. The second-order valence-electron chi connectivity index (χ2n) is 4.97. The number of benzene rings is 1. The standard InChI is InChI=1S/C13H21N3O2S/c1-15-19(17,18)11-6-7-12(14)13(9-11)16-8-2-3-10-4-5-10/h6-7,9-10,15-16H,2-5,8,14H2,1H3. The normalized spacial score (nSPS) is 15.4. The fourth-order valence-corrected chi connectivity index (χ4v) is 2.75. The van der Waals surface area contributed by atoms with Gasteiger partial charge < -0.3 is 11.1 Å². The Hall–Kier alpha value is -1.27. The van der Waals surface area contributed by atoms with Crippen LogP contribution in [0.4, 0.5) is 11.4 Å². The molecular formula is C13H21N3O2S. The lowest BCUT2D eigenvalue weighted by Gasteiger charge is -2.11. The summed E-state index contributed by atoms with van der Waals surface area (Å²) in [7, 11) is -2.02. The maximum atomic E-state index is 11.7. The van der Waals surface area contributed by atoms with Crippen molar-refractivity contribution in [2.45, 2.75) is 30.6 Å². The van der Waals surface area contributed by atoms with Crippen LogP contribution in [-0.2, 0) is 10.0 Å². The van der Waals surface area contributed by atoms with Crippen molar-refractivity contribution in [3.63, 3.8) is 0 Å². The fraction of sp³-hybridized carbons (Fsp3) is 0.538. The van der Waals surface area contributed by atoms with Crippen LogP contribution in [0.1, 0.15) is 25.7 Å². The molecule has 0 radical (unpaired) electrons. The largest absolute Gasteiger partial charge is 0.397 e. The molecule has 1 saturated carbocycles. The first-order chi connectivity index (χ1) is 9.03. The van der Waals surface area contributed by atoms with Crippen molar-refractivity contribution in [3.05, 3.63) is 18.2 Å². The van der Waals surface area contributed by atoms with Crippen molar-refractivity contribution in [1.82, 2.24) is 4.72 Å². The van der Waals surface area contributed by atoms with Crippen molar-refractivity contribution in [3.8, 4) is 0 Å². The molecule has 1 aromatic rings. The topological polar surface area (TPSA) is 84.2 Å². The Morgan fingerprint density at radius 3 is 2.74 bits per heavy atom. The van der Waals surface area contributed by atoms with Gasteiger partial charge in [0.2, 0.25) is 10.0 Å². The van der Waals surface area contributed by atoms with Gasteiger partial charge >= 0.3 is 0 Å². The first-order valence-electron chi connectivity index (χ1n) is 6.60. The van der Waals surface area contributed by atoms with Crippen molar-refractivity contribution in [2.75, 3.05) is 24.6 Å². The Morgan fingerprint density at radius 2 is 2.11 bits per heavy atom. The average molecular weight is 283 g/mol. The minimum atomic E-state index is -3.42. The molecule has 0 bridgehead atoms. The van der Waals surface area contributed by atoms with E-state index in [0.29, 0.717) is 11.4 Å². The summed E-state index contributed by atoms with van der Waals surface area (Å²) in [5, 5.41) is 3.22. The number of sulfonamides is 1. The molecule has 19 heavy (non-hydrogen) atoms. The molecule has 0 atom stereocenters. The van der Waals surface area contributed by atoms with Crippen LogP contribution in [0.15, 0.2) is 23.1 Å². The predicted molar refractivity (Wildman–Crippen MR) is 77.5 cm³/mol. The molecule has 0 heterocycles. The number of anilines is 2. The first kappa shape index (κ1) is 14.1. The van der Waals surface area contributed by atoms with E-state index < -0.39 is 10.0 Å². The zero-order chi connectivity index (χ0) is 13.9. The van der Waals surface area contributed by atoms with Gasteiger partial charge in [-0.05, 0) is 44.0 Å². The molecule has 0 amide bonds. The van der Waals surface area contributed by atoms with Crippen LogP contribution in [0.3, 0.4) is 0 Å². The highest BCUT2D eigenvalue weighted by atomic mass is 32.2. The molecule has 4 N–H and O–H groups in total. The maximum Gasteiger partial charge on any atom is 0.240 e. The molecule has 1 aromatic carbocycles. The number of nitrogens with two attached hydrogens (primary N) is 1. The second kappa shape index (κ2) is 5.79. The van der Waals surface area contributed by atoms with E-state index in [0.717, 1.165) is 18.9 Å². The van der Waals surface area contributed by atoms with Crippen LogP contribution in [0.2, 0.25) is 0 Å². The molecule has 1 fully saturated rings. The fourth-order valence-electron chi connectivity index (χ4n) is 1.99. The van der Waals surface area contributed by atoms with Gasteiger partial charge in [0.25, 0.3) is 0 Å². The van der Waals surface area contributed by atoms with Gasteiger partial charge in [-0.15, -0.1) is 0 Å². The zero-order valence-corrected chi connectivity index (χ0v) is 12.0. The van der Waals surface area contributed by atoms with Crippen LogP contribution in [0.25, 0.3) is 0 Å². The lowest BCUT2D eigenvalue weighted by atomic mass is 10.2. The van der Waals surface area contributed by atoms with Gasteiger partial charge in [-0.1, -0.05) is 12.8 Å². The van der Waals surface area contributed by atoms with Gasteiger partial charge in [0.15, 0.2) is 0 Å². The summed E-state index contributed by atoms with van der Waals surface area (Å²) in [5.74, 6) is 0.912. The van der Waals surface area contributed by atoms with Crippen LogP contribution >= 0.6 is 0 Å². The molecule has 5 nitrogen and oxygen atoms in total. The molecule has 0 unspecified atom stereocenters. The highest BCUT2D eigenvalue weighted by Gasteiger charge is 2.20. The monoisotopic (exact) mass is 283 g/mol. The smallest absolute Gasteiger partial charge is 0.240 e. The van der Waals surface area contributed by atoms with E-state index in [1.54, 1.807) is 12.1 Å². The summed E-state index contributed by atoms with van der Waals surface area (Å²) >= 11 is 0. The third-order valence-corrected chi connectivity index (χ3v) is 4.82. The molecule has 6 heteroatoms. The highest BCUT2D eigenvalue weighted by Crippen LogP contribution is 2.33. The molecule has 2 rings (SSSR count). The summed E-state index contributed by atoms with van der Waals surface area (Å²) < 4.78 is 25.7. The van der Waals surface area contributed by atoms with E-state index in [-0.39, 0.29) is 4.90 Å². The number of nitrogen functional groups attached to an aromatic ring is 1.